The van der Waals surface area contributed by atoms with Crippen LogP contribution in [0.5, 0.6) is 0 Å². The van der Waals surface area contributed by atoms with Gasteiger partial charge in [0.1, 0.15) is 6.61 Å². The fourth-order valence-electron chi connectivity index (χ4n) is 5.43. The maximum atomic E-state index is 12.3. The molecule has 0 N–H and O–H groups in total. The van der Waals surface area contributed by atoms with E-state index >= 15 is 0 Å². The predicted octanol–water partition coefficient (Wildman–Crippen LogP) is 8.41. The molecule has 0 fully saturated rings. The smallest absolute Gasteiger partial charge is 0.810 e. The van der Waals surface area contributed by atoms with Crippen molar-refractivity contribution < 1.29 is 58.0 Å². The largest absolute Gasteiger partial charge is 1.00 e. The number of allylic oxidation sites excluding steroid dienone is 4. The van der Waals surface area contributed by atoms with Gasteiger partial charge in [-0.3, -0.25) is 9.59 Å². The molecule has 0 aromatic carbocycles. The molecule has 47 heavy (non-hydrogen) atoms. The first-order chi connectivity index (χ1) is 22.6. The molecular weight excluding hydrogens is 618 g/mol. The van der Waals surface area contributed by atoms with Gasteiger partial charge in [0.05, 0.1) is 6.61 Å². The van der Waals surface area contributed by atoms with E-state index in [1.807, 2.05) is 0 Å². The van der Waals surface area contributed by atoms with E-state index in [0.29, 0.717) is 12.8 Å². The third-order valence-electron chi connectivity index (χ3n) is 8.34. The van der Waals surface area contributed by atoms with Gasteiger partial charge < -0.3 is 18.9 Å². The number of carbonyl (C=O) groups is 2. The summed E-state index contributed by atoms with van der Waals surface area (Å²) in [5, 5.41) is 0. The van der Waals surface area contributed by atoms with Crippen LogP contribution in [-0.4, -0.2) is 31.3 Å². The Morgan fingerprint density at radius 3 is 1.30 bits per heavy atom. The summed E-state index contributed by atoms with van der Waals surface area (Å²) in [6.07, 6.45) is 40.6. The number of carbonyl (C=O) groups excluding carboxylic acids is 2. The Balaban J connectivity index is 0. The van der Waals surface area contributed by atoms with Gasteiger partial charge in [-0.25, -0.2) is 0 Å². The van der Waals surface area contributed by atoms with Crippen LogP contribution in [0, 0.1) is 0 Å². The first-order valence-electron chi connectivity index (χ1n) is 19.3. The standard InChI is InChI=1S/C39H72O6P.Na/c1-3-5-7-9-11-13-15-17-19-21-23-25-27-29-31-33-38(40)43-35-37(36-44-46-42)45-39(41)34-32-30-28-26-24-22-20-18-16-14-12-10-8-6-4-2;/h17-20,37,46H,3-16,21-36H2,1-2H3;/q-1;+1/b19-17-,20-18-;/t37-;/m1./s1. The minimum atomic E-state index is -0.947. The number of ether oxygens (including phenoxy) is 2. The summed E-state index contributed by atoms with van der Waals surface area (Å²) in [7, 11) is -0.947. The maximum absolute atomic E-state index is 12.3. The van der Waals surface area contributed by atoms with Crippen LogP contribution in [0.15, 0.2) is 24.3 Å². The van der Waals surface area contributed by atoms with Gasteiger partial charge in [-0.1, -0.05) is 150 Å². The van der Waals surface area contributed by atoms with E-state index in [4.69, 9.17) is 14.0 Å². The van der Waals surface area contributed by atoms with E-state index in [1.165, 1.54) is 116 Å². The third kappa shape index (κ3) is 40.1. The normalized spacial score (nSPS) is 12.3. The number of unbranched alkanes of at least 4 members (excludes halogenated alkanes) is 22. The van der Waals surface area contributed by atoms with E-state index in [2.05, 4.69) is 38.2 Å². The van der Waals surface area contributed by atoms with E-state index in [0.717, 1.165) is 51.4 Å². The van der Waals surface area contributed by atoms with E-state index in [9.17, 15) is 14.5 Å². The van der Waals surface area contributed by atoms with Gasteiger partial charge in [0.2, 0.25) is 0 Å². The second-order valence-electron chi connectivity index (χ2n) is 12.9. The van der Waals surface area contributed by atoms with Crippen LogP contribution in [0.3, 0.4) is 0 Å². The van der Waals surface area contributed by atoms with Crippen molar-refractivity contribution in [1.82, 2.24) is 0 Å². The van der Waals surface area contributed by atoms with Crippen LogP contribution in [0.1, 0.15) is 194 Å². The zero-order chi connectivity index (χ0) is 33.6. The van der Waals surface area contributed by atoms with Crippen molar-refractivity contribution in [2.75, 3.05) is 13.2 Å². The summed E-state index contributed by atoms with van der Waals surface area (Å²) in [4.78, 5) is 35.3. The van der Waals surface area contributed by atoms with Crippen molar-refractivity contribution in [3.63, 3.8) is 0 Å². The molecule has 0 aliphatic rings. The van der Waals surface area contributed by atoms with Gasteiger partial charge in [0, 0.05) is 12.8 Å². The molecular formula is C39H72NaO6P. The molecule has 1 unspecified atom stereocenters. The molecule has 8 heteroatoms. The summed E-state index contributed by atoms with van der Waals surface area (Å²) < 4.78 is 15.7. The van der Waals surface area contributed by atoms with Crippen molar-refractivity contribution in [2.45, 2.75) is 200 Å². The predicted molar refractivity (Wildman–Crippen MR) is 194 cm³/mol. The summed E-state index contributed by atoms with van der Waals surface area (Å²) in [5.74, 6) is -0.616. The summed E-state index contributed by atoms with van der Waals surface area (Å²) in [6, 6.07) is 0. The third-order valence-corrected chi connectivity index (χ3v) is 8.63. The van der Waals surface area contributed by atoms with Crippen LogP contribution in [-0.2, 0) is 23.6 Å². The average Bonchev–Trinajstić information content (AvgIpc) is 3.05. The number of hydrogen-bond acceptors (Lipinski definition) is 6. The quantitative estimate of drug-likeness (QED) is 0.0216. The van der Waals surface area contributed by atoms with Gasteiger partial charge in [0.15, 0.2) is 6.10 Å². The zero-order valence-corrected chi connectivity index (χ0v) is 34.0. The average molecular weight is 691 g/mol. The topological polar surface area (TPSA) is 84.9 Å². The zero-order valence-electron chi connectivity index (χ0n) is 31.0. The monoisotopic (exact) mass is 690 g/mol. The maximum Gasteiger partial charge on any atom is 1.00 e. The molecule has 0 amide bonds. The Hall–Kier alpha value is -0.230. The second kappa shape index (κ2) is 41.9. The Labute approximate surface area is 314 Å². The Morgan fingerprint density at radius 1 is 0.532 bits per heavy atom. The summed E-state index contributed by atoms with van der Waals surface area (Å²) in [5.41, 5.74) is 0. The van der Waals surface area contributed by atoms with Gasteiger partial charge in [-0.2, -0.15) is 0 Å². The molecule has 6 nitrogen and oxygen atoms in total. The van der Waals surface area contributed by atoms with Crippen LogP contribution >= 0.6 is 9.03 Å². The van der Waals surface area contributed by atoms with Crippen LogP contribution in [0.25, 0.3) is 0 Å². The Kier molecular flexibility index (Phi) is 43.6. The number of rotatable bonds is 36. The molecule has 0 aliphatic heterocycles. The van der Waals surface area contributed by atoms with Crippen molar-refractivity contribution in [1.29, 1.82) is 0 Å². The minimum absolute atomic E-state index is 0. The SMILES string of the molecule is CCCCCCCC/C=C\CCCCCCCC(=O)OC[C@H](COP[O-])OC(=O)CCCCCCC/C=C\CCCCCCCC.[Na+]. The van der Waals surface area contributed by atoms with Gasteiger partial charge >= 0.3 is 41.5 Å². The van der Waals surface area contributed by atoms with Gasteiger partial charge in [-0.15, -0.1) is 0 Å². The second-order valence-corrected chi connectivity index (χ2v) is 13.3. The summed E-state index contributed by atoms with van der Waals surface area (Å²) >= 11 is 0. The fraction of sp³-hybridized carbons (Fsp3) is 0.846. The number of hydrogen-bond donors (Lipinski definition) is 0. The van der Waals surface area contributed by atoms with Crippen molar-refractivity contribution in [2.24, 2.45) is 0 Å². The molecule has 2 atom stereocenters. The van der Waals surface area contributed by atoms with Gasteiger partial charge in [0.25, 0.3) is 0 Å². The molecule has 270 valence electrons. The molecule has 0 heterocycles. The molecule has 0 aromatic rings. The first kappa shape index (κ1) is 48.9. The Bertz CT molecular complexity index is 718. The van der Waals surface area contributed by atoms with Gasteiger partial charge in [-0.05, 0) is 64.2 Å². The minimum Gasteiger partial charge on any atom is -0.810 e. The molecule has 0 rings (SSSR count). The van der Waals surface area contributed by atoms with E-state index < -0.39 is 15.1 Å². The van der Waals surface area contributed by atoms with E-state index in [-0.39, 0.29) is 54.7 Å². The fourth-order valence-corrected chi connectivity index (χ4v) is 5.68. The molecule has 0 bridgehead atoms. The van der Waals surface area contributed by atoms with Crippen LogP contribution in [0.4, 0.5) is 0 Å². The first-order valence-corrected chi connectivity index (χ1v) is 20.1. The molecule has 0 aliphatic carbocycles. The van der Waals surface area contributed by atoms with Crippen molar-refractivity contribution in [3.8, 4) is 0 Å². The van der Waals surface area contributed by atoms with Crippen molar-refractivity contribution in [3.05, 3.63) is 24.3 Å². The summed E-state index contributed by atoms with van der Waals surface area (Å²) in [6.45, 7) is 4.41. The molecule has 0 aromatic heterocycles. The number of esters is 2. The van der Waals surface area contributed by atoms with E-state index in [1.54, 1.807) is 0 Å². The van der Waals surface area contributed by atoms with Crippen LogP contribution in [0.2, 0.25) is 0 Å². The van der Waals surface area contributed by atoms with Crippen LogP contribution < -0.4 is 34.5 Å². The molecule has 0 spiro atoms. The molecule has 0 radical (unpaired) electrons. The molecule has 0 saturated carbocycles. The Morgan fingerprint density at radius 2 is 0.894 bits per heavy atom. The molecule has 0 saturated heterocycles. The van der Waals surface area contributed by atoms with Crippen molar-refractivity contribution >= 4 is 21.0 Å².